The highest BCUT2D eigenvalue weighted by Gasteiger charge is 2.37. The maximum Gasteiger partial charge on any atom is 0.0349 e. The van der Waals surface area contributed by atoms with Crippen LogP contribution in [-0.4, -0.2) is 13.1 Å². The molecule has 0 bridgehead atoms. The quantitative estimate of drug-likeness (QED) is 0.765. The molecule has 1 aliphatic carbocycles. The van der Waals surface area contributed by atoms with Crippen molar-refractivity contribution in [2.24, 2.45) is 5.92 Å². The van der Waals surface area contributed by atoms with E-state index in [1.54, 1.807) is 10.4 Å². The van der Waals surface area contributed by atoms with Crippen LogP contribution in [0.3, 0.4) is 0 Å². The fourth-order valence-electron chi connectivity index (χ4n) is 2.85. The SMILES string of the molecule is Cc1sc2c(c1Br)C1CNCCC1C2. The Balaban J connectivity index is 2.05. The molecule has 1 aromatic heterocycles. The molecular formula is C11H14BrNS. The number of hydrogen-bond acceptors (Lipinski definition) is 2. The van der Waals surface area contributed by atoms with Gasteiger partial charge in [-0.15, -0.1) is 11.3 Å². The average molecular weight is 272 g/mol. The maximum atomic E-state index is 3.75. The highest BCUT2D eigenvalue weighted by atomic mass is 79.9. The number of rotatable bonds is 0. The summed E-state index contributed by atoms with van der Waals surface area (Å²) in [4.78, 5) is 3.10. The fourth-order valence-corrected chi connectivity index (χ4v) is 4.99. The molecule has 2 atom stereocenters. The van der Waals surface area contributed by atoms with Crippen LogP contribution in [0.5, 0.6) is 0 Å². The molecule has 2 aliphatic rings. The number of thiophene rings is 1. The van der Waals surface area contributed by atoms with Crippen molar-refractivity contribution >= 4 is 27.3 Å². The van der Waals surface area contributed by atoms with Crippen molar-refractivity contribution in [2.75, 3.05) is 13.1 Å². The van der Waals surface area contributed by atoms with E-state index in [1.165, 1.54) is 35.3 Å². The van der Waals surface area contributed by atoms with Crippen molar-refractivity contribution in [1.29, 1.82) is 0 Å². The Hall–Kier alpha value is 0.140. The Kier molecular flexibility index (Phi) is 2.22. The lowest BCUT2D eigenvalue weighted by Gasteiger charge is -2.26. The van der Waals surface area contributed by atoms with Gasteiger partial charge in [0.25, 0.3) is 0 Å². The van der Waals surface area contributed by atoms with E-state index < -0.39 is 0 Å². The topological polar surface area (TPSA) is 12.0 Å². The van der Waals surface area contributed by atoms with E-state index in [-0.39, 0.29) is 0 Å². The van der Waals surface area contributed by atoms with Crippen molar-refractivity contribution in [3.63, 3.8) is 0 Å². The lowest BCUT2D eigenvalue weighted by molar-refractivity contribution is 0.347. The third-order valence-corrected chi connectivity index (χ3v) is 5.99. The van der Waals surface area contributed by atoms with E-state index >= 15 is 0 Å². The Bertz CT molecular complexity index is 372. The van der Waals surface area contributed by atoms with E-state index in [0.717, 1.165) is 11.8 Å². The molecule has 0 spiro atoms. The second-order valence-electron chi connectivity index (χ2n) is 4.37. The van der Waals surface area contributed by atoms with E-state index in [9.17, 15) is 0 Å². The molecule has 2 heterocycles. The second-order valence-corrected chi connectivity index (χ2v) is 6.47. The predicted octanol–water partition coefficient (Wildman–Crippen LogP) is 3.07. The summed E-state index contributed by atoms with van der Waals surface area (Å²) in [7, 11) is 0. The summed E-state index contributed by atoms with van der Waals surface area (Å²) in [5, 5.41) is 3.52. The van der Waals surface area contributed by atoms with E-state index in [1.807, 2.05) is 11.3 Å². The van der Waals surface area contributed by atoms with Gasteiger partial charge in [-0.25, -0.2) is 0 Å². The first-order chi connectivity index (χ1) is 6.77. The summed E-state index contributed by atoms with van der Waals surface area (Å²) in [6.45, 7) is 4.62. The molecule has 1 nitrogen and oxygen atoms in total. The monoisotopic (exact) mass is 271 g/mol. The zero-order valence-electron chi connectivity index (χ0n) is 8.27. The van der Waals surface area contributed by atoms with Gasteiger partial charge in [0.2, 0.25) is 0 Å². The predicted molar refractivity (Wildman–Crippen MR) is 64.2 cm³/mol. The molecule has 3 heteroatoms. The van der Waals surface area contributed by atoms with Gasteiger partial charge >= 0.3 is 0 Å². The van der Waals surface area contributed by atoms with Gasteiger partial charge in [0.15, 0.2) is 0 Å². The van der Waals surface area contributed by atoms with Gasteiger partial charge < -0.3 is 5.32 Å². The summed E-state index contributed by atoms with van der Waals surface area (Å²) in [6, 6.07) is 0. The van der Waals surface area contributed by atoms with Crippen LogP contribution >= 0.6 is 27.3 Å². The largest absolute Gasteiger partial charge is 0.316 e. The summed E-state index contributed by atoms with van der Waals surface area (Å²) in [5.74, 6) is 1.72. The van der Waals surface area contributed by atoms with Gasteiger partial charge in [-0.3, -0.25) is 0 Å². The van der Waals surface area contributed by atoms with E-state index in [0.29, 0.717) is 0 Å². The Morgan fingerprint density at radius 2 is 2.36 bits per heavy atom. The summed E-state index contributed by atoms with van der Waals surface area (Å²) >= 11 is 5.74. The molecule has 76 valence electrons. The number of piperidine rings is 1. The Morgan fingerprint density at radius 1 is 1.50 bits per heavy atom. The van der Waals surface area contributed by atoms with Crippen LogP contribution in [0.2, 0.25) is 0 Å². The van der Waals surface area contributed by atoms with Crippen LogP contribution in [-0.2, 0) is 6.42 Å². The average Bonchev–Trinajstić information content (AvgIpc) is 2.65. The molecule has 1 aliphatic heterocycles. The molecule has 1 saturated heterocycles. The molecule has 1 fully saturated rings. The molecule has 0 aromatic carbocycles. The zero-order chi connectivity index (χ0) is 9.71. The minimum Gasteiger partial charge on any atom is -0.316 e. The highest BCUT2D eigenvalue weighted by molar-refractivity contribution is 9.10. The molecule has 14 heavy (non-hydrogen) atoms. The fraction of sp³-hybridized carbons (Fsp3) is 0.636. The number of fused-ring (bicyclic) bond motifs is 3. The first-order valence-electron chi connectivity index (χ1n) is 5.25. The van der Waals surface area contributed by atoms with Gasteiger partial charge in [-0.05, 0) is 53.7 Å². The van der Waals surface area contributed by atoms with Crippen LogP contribution in [0.15, 0.2) is 4.47 Å². The van der Waals surface area contributed by atoms with Crippen LogP contribution in [0.25, 0.3) is 0 Å². The molecular weight excluding hydrogens is 258 g/mol. The third kappa shape index (κ3) is 1.22. The van der Waals surface area contributed by atoms with Crippen LogP contribution < -0.4 is 5.32 Å². The van der Waals surface area contributed by atoms with Gasteiger partial charge in [-0.1, -0.05) is 0 Å². The molecule has 3 rings (SSSR count). The minimum absolute atomic E-state index is 0.790. The van der Waals surface area contributed by atoms with Gasteiger partial charge in [0.1, 0.15) is 0 Å². The second kappa shape index (κ2) is 3.32. The van der Waals surface area contributed by atoms with Crippen molar-refractivity contribution in [3.8, 4) is 0 Å². The molecule has 1 N–H and O–H groups in total. The molecule has 2 unspecified atom stereocenters. The standard InChI is InChI=1S/C11H14BrNS/c1-6-11(12)10-8-5-13-3-2-7(8)4-9(10)14-6/h7-8,13H,2-5H2,1H3. The molecule has 0 saturated carbocycles. The highest BCUT2D eigenvalue weighted by Crippen LogP contribution is 2.49. The van der Waals surface area contributed by atoms with Gasteiger partial charge in [0, 0.05) is 26.7 Å². The maximum absolute atomic E-state index is 3.75. The van der Waals surface area contributed by atoms with Gasteiger partial charge in [0.05, 0.1) is 0 Å². The number of halogens is 1. The number of nitrogens with one attached hydrogen (secondary N) is 1. The summed E-state index contributed by atoms with van der Waals surface area (Å²) in [6.07, 6.45) is 2.69. The van der Waals surface area contributed by atoms with E-state index in [2.05, 4.69) is 28.2 Å². The Labute approximate surface area is 97.0 Å². The lowest BCUT2D eigenvalue weighted by atomic mass is 9.87. The molecule has 0 amide bonds. The smallest absolute Gasteiger partial charge is 0.0349 e. The third-order valence-electron chi connectivity index (χ3n) is 3.57. The molecule has 1 aromatic rings. The van der Waals surface area contributed by atoms with Crippen LogP contribution in [0.1, 0.15) is 27.7 Å². The first-order valence-corrected chi connectivity index (χ1v) is 6.86. The normalized spacial score (nSPS) is 30.1. The van der Waals surface area contributed by atoms with E-state index in [4.69, 9.17) is 0 Å². The Morgan fingerprint density at radius 3 is 3.21 bits per heavy atom. The van der Waals surface area contributed by atoms with Gasteiger partial charge in [-0.2, -0.15) is 0 Å². The molecule has 0 radical (unpaired) electrons. The minimum atomic E-state index is 0.790. The first kappa shape index (κ1) is 9.37. The number of hydrogen-bond donors (Lipinski definition) is 1. The summed E-state index contributed by atoms with van der Waals surface area (Å²) in [5.41, 5.74) is 1.63. The number of aryl methyl sites for hydroxylation is 1. The van der Waals surface area contributed by atoms with Crippen LogP contribution in [0, 0.1) is 12.8 Å². The zero-order valence-corrected chi connectivity index (χ0v) is 10.7. The van der Waals surface area contributed by atoms with Crippen molar-refractivity contribution in [3.05, 3.63) is 19.8 Å². The van der Waals surface area contributed by atoms with Crippen molar-refractivity contribution in [1.82, 2.24) is 5.32 Å². The van der Waals surface area contributed by atoms with Crippen molar-refractivity contribution in [2.45, 2.75) is 25.7 Å². The van der Waals surface area contributed by atoms with Crippen LogP contribution in [0.4, 0.5) is 0 Å². The summed E-state index contributed by atoms with van der Waals surface area (Å²) < 4.78 is 1.40. The lowest BCUT2D eigenvalue weighted by Crippen LogP contribution is -2.33. The van der Waals surface area contributed by atoms with Crippen molar-refractivity contribution < 1.29 is 0 Å².